The summed E-state index contributed by atoms with van der Waals surface area (Å²) < 4.78 is 4.25. The predicted octanol–water partition coefficient (Wildman–Crippen LogP) is -1.23. The number of hydrogen-bond acceptors (Lipinski definition) is 5. The molecule has 6 nitrogen and oxygen atoms in total. The molecule has 0 fully saturated rings. The molecule has 0 bridgehead atoms. The van der Waals surface area contributed by atoms with Crippen molar-refractivity contribution in [3.63, 3.8) is 0 Å². The van der Waals surface area contributed by atoms with Crippen LogP contribution < -0.4 is 11.5 Å². The van der Waals surface area contributed by atoms with Gasteiger partial charge in [0.05, 0.1) is 13.5 Å². The van der Waals surface area contributed by atoms with Gasteiger partial charge in [0.1, 0.15) is 6.07 Å². The molecule has 0 rings (SSSR count). The third kappa shape index (κ3) is 3.25. The van der Waals surface area contributed by atoms with Gasteiger partial charge in [0, 0.05) is 5.70 Å². The summed E-state index contributed by atoms with van der Waals surface area (Å²) >= 11 is 0. The average Bonchev–Trinajstić information content (AvgIpc) is 2.03. The van der Waals surface area contributed by atoms with Gasteiger partial charge >= 0.3 is 5.97 Å². The van der Waals surface area contributed by atoms with E-state index in [1.165, 1.54) is 6.07 Å². The highest BCUT2D eigenvalue weighted by Crippen LogP contribution is 2.03. The lowest BCUT2D eigenvalue weighted by Crippen LogP contribution is -2.18. The van der Waals surface area contributed by atoms with Gasteiger partial charge in [-0.15, -0.1) is 0 Å². The van der Waals surface area contributed by atoms with Crippen molar-refractivity contribution >= 4 is 11.9 Å². The molecule has 0 saturated heterocycles. The first-order valence-corrected chi connectivity index (χ1v) is 3.28. The Labute approximate surface area is 74.7 Å². The fourth-order valence-electron chi connectivity index (χ4n) is 0.627. The van der Waals surface area contributed by atoms with E-state index in [2.05, 4.69) is 4.74 Å². The Morgan fingerprint density at radius 1 is 1.46 bits per heavy atom. The van der Waals surface area contributed by atoms with Crippen LogP contribution in [-0.2, 0) is 14.3 Å². The molecule has 0 aromatic carbocycles. The number of amides is 1. The first-order valence-electron chi connectivity index (χ1n) is 3.28. The van der Waals surface area contributed by atoms with Crippen molar-refractivity contribution in [2.75, 3.05) is 7.11 Å². The number of rotatable bonds is 3. The van der Waals surface area contributed by atoms with Gasteiger partial charge in [0.25, 0.3) is 0 Å². The standard InChI is InChI=1S/C7H9N3O3/c1-13-7(12)4(3-8)5(9)2-6(10)11/h2,9H2,1H3,(H2,10,11)/b5-4+. The first kappa shape index (κ1) is 11.0. The molecule has 13 heavy (non-hydrogen) atoms. The van der Waals surface area contributed by atoms with Crippen molar-refractivity contribution in [1.29, 1.82) is 5.26 Å². The van der Waals surface area contributed by atoms with Gasteiger partial charge in [-0.3, -0.25) is 4.79 Å². The summed E-state index contributed by atoms with van der Waals surface area (Å²) in [5, 5.41) is 8.47. The van der Waals surface area contributed by atoms with Crippen molar-refractivity contribution in [2.24, 2.45) is 11.5 Å². The number of nitrogens with zero attached hydrogens (tertiary/aromatic N) is 1. The van der Waals surface area contributed by atoms with E-state index >= 15 is 0 Å². The second-order valence-corrected chi connectivity index (χ2v) is 2.15. The van der Waals surface area contributed by atoms with Gasteiger partial charge in [-0.2, -0.15) is 5.26 Å². The second-order valence-electron chi connectivity index (χ2n) is 2.15. The molecule has 4 N–H and O–H groups in total. The minimum absolute atomic E-state index is 0.179. The van der Waals surface area contributed by atoms with Crippen LogP contribution in [0.15, 0.2) is 11.3 Å². The number of methoxy groups -OCH3 is 1. The number of carbonyl (C=O) groups is 2. The molecule has 70 valence electrons. The lowest BCUT2D eigenvalue weighted by atomic mass is 10.2. The van der Waals surface area contributed by atoms with Crippen LogP contribution in [0.3, 0.4) is 0 Å². The minimum atomic E-state index is -0.874. The third-order valence-electron chi connectivity index (χ3n) is 1.19. The SMILES string of the molecule is COC(=O)/C(C#N)=C(/N)CC(N)=O. The maximum absolute atomic E-state index is 10.8. The summed E-state index contributed by atoms with van der Waals surface area (Å²) in [6, 6.07) is 1.53. The van der Waals surface area contributed by atoms with Crippen LogP contribution in [0.25, 0.3) is 0 Å². The van der Waals surface area contributed by atoms with E-state index in [9.17, 15) is 9.59 Å². The van der Waals surface area contributed by atoms with E-state index in [1.54, 1.807) is 0 Å². The van der Waals surface area contributed by atoms with Gasteiger partial charge in [0.15, 0.2) is 5.57 Å². The predicted molar refractivity (Wildman–Crippen MR) is 42.7 cm³/mol. The van der Waals surface area contributed by atoms with Crippen molar-refractivity contribution < 1.29 is 14.3 Å². The summed E-state index contributed by atoms with van der Waals surface area (Å²) in [5.41, 5.74) is 9.51. The molecule has 0 radical (unpaired) electrons. The van der Waals surface area contributed by atoms with Crippen molar-refractivity contribution in [1.82, 2.24) is 0 Å². The molecule has 0 aliphatic carbocycles. The number of ether oxygens (including phenoxy) is 1. The molecule has 0 aliphatic rings. The highest BCUT2D eigenvalue weighted by molar-refractivity contribution is 5.94. The molecule has 0 aliphatic heterocycles. The van der Waals surface area contributed by atoms with Crippen LogP contribution in [0, 0.1) is 11.3 Å². The highest BCUT2D eigenvalue weighted by atomic mass is 16.5. The smallest absolute Gasteiger partial charge is 0.350 e. The number of esters is 1. The zero-order valence-electron chi connectivity index (χ0n) is 7.03. The maximum Gasteiger partial charge on any atom is 0.350 e. The molecule has 0 unspecified atom stereocenters. The molecule has 0 saturated carbocycles. The van der Waals surface area contributed by atoms with Crippen LogP contribution >= 0.6 is 0 Å². The quantitative estimate of drug-likeness (QED) is 0.322. The lowest BCUT2D eigenvalue weighted by Gasteiger charge is -2.00. The molecule has 0 aromatic rings. The van der Waals surface area contributed by atoms with Gasteiger partial charge in [-0.25, -0.2) is 4.79 Å². The fourth-order valence-corrected chi connectivity index (χ4v) is 0.627. The fraction of sp³-hybridized carbons (Fsp3) is 0.286. The van der Waals surface area contributed by atoms with Crippen molar-refractivity contribution in [3.05, 3.63) is 11.3 Å². The summed E-state index contributed by atoms with van der Waals surface area (Å²) in [5.74, 6) is -1.59. The van der Waals surface area contributed by atoms with Gasteiger partial charge in [-0.05, 0) is 0 Å². The Morgan fingerprint density at radius 2 is 2.00 bits per heavy atom. The van der Waals surface area contributed by atoms with Crippen LogP contribution in [0.4, 0.5) is 0 Å². The Balaban J connectivity index is 4.82. The number of hydrogen-bond donors (Lipinski definition) is 2. The van der Waals surface area contributed by atoms with E-state index in [1.807, 2.05) is 0 Å². The zero-order valence-corrected chi connectivity index (χ0v) is 7.03. The minimum Gasteiger partial charge on any atom is -0.465 e. The third-order valence-corrected chi connectivity index (χ3v) is 1.19. The normalized spacial score (nSPS) is 11.1. The lowest BCUT2D eigenvalue weighted by molar-refractivity contribution is -0.135. The largest absolute Gasteiger partial charge is 0.465 e. The molecule has 0 aromatic heterocycles. The van der Waals surface area contributed by atoms with Crippen LogP contribution in [0.5, 0.6) is 0 Å². The summed E-state index contributed by atoms with van der Waals surface area (Å²) in [6.07, 6.45) is -0.335. The summed E-state index contributed by atoms with van der Waals surface area (Å²) in [7, 11) is 1.11. The molecule has 6 heteroatoms. The van der Waals surface area contributed by atoms with Crippen LogP contribution in [-0.4, -0.2) is 19.0 Å². The average molecular weight is 183 g/mol. The van der Waals surface area contributed by atoms with Gasteiger partial charge in [0.2, 0.25) is 5.91 Å². The Hall–Kier alpha value is -2.03. The van der Waals surface area contributed by atoms with Gasteiger partial charge in [-0.1, -0.05) is 0 Å². The van der Waals surface area contributed by atoms with E-state index in [-0.39, 0.29) is 17.7 Å². The molecular formula is C7H9N3O3. The topological polar surface area (TPSA) is 119 Å². The molecule has 1 amide bonds. The van der Waals surface area contributed by atoms with E-state index in [0.29, 0.717) is 0 Å². The van der Waals surface area contributed by atoms with E-state index in [0.717, 1.165) is 7.11 Å². The Bertz CT molecular complexity index is 301. The van der Waals surface area contributed by atoms with E-state index < -0.39 is 11.9 Å². The molecule has 0 atom stereocenters. The van der Waals surface area contributed by atoms with Crippen LogP contribution in [0.1, 0.15) is 6.42 Å². The number of nitrogens with two attached hydrogens (primary N) is 2. The maximum atomic E-state index is 10.8. The first-order chi connectivity index (χ1) is 6.02. The van der Waals surface area contributed by atoms with Crippen molar-refractivity contribution in [2.45, 2.75) is 6.42 Å². The van der Waals surface area contributed by atoms with Crippen molar-refractivity contribution in [3.8, 4) is 6.07 Å². The molecule has 0 spiro atoms. The summed E-state index contributed by atoms with van der Waals surface area (Å²) in [6.45, 7) is 0. The van der Waals surface area contributed by atoms with Gasteiger partial charge < -0.3 is 16.2 Å². The molecular weight excluding hydrogens is 174 g/mol. The monoisotopic (exact) mass is 183 g/mol. The summed E-state index contributed by atoms with van der Waals surface area (Å²) in [4.78, 5) is 21.2. The number of carbonyl (C=O) groups excluding carboxylic acids is 2. The van der Waals surface area contributed by atoms with E-state index in [4.69, 9.17) is 16.7 Å². The number of primary amides is 1. The Kier molecular flexibility index (Phi) is 4.02. The van der Waals surface area contributed by atoms with Crippen LogP contribution in [0.2, 0.25) is 0 Å². The zero-order chi connectivity index (χ0) is 10.4. The molecule has 0 heterocycles. The second kappa shape index (κ2) is 4.77. The Morgan fingerprint density at radius 3 is 2.31 bits per heavy atom. The highest BCUT2D eigenvalue weighted by Gasteiger charge is 2.14. The number of nitriles is 1.